The lowest BCUT2D eigenvalue weighted by molar-refractivity contribution is -0.150. The highest BCUT2D eigenvalue weighted by molar-refractivity contribution is 7.98. The third kappa shape index (κ3) is 9.57. The standard InChI is InChI=1S/C40H44FN7O3S.C2H5F/c1-27-7-13-30(14-8-27)31-15-9-28(10-16-31)23-48-35(24-45-19-21-46(22-20-45)40(2,3)38(50)51)43-44-36(48)25-47-34-6-4-5-33(34)37(49)42-39(47)52-26-29-11-17-32(41)18-12-29;1-2-3/h7-18H,4-6,19-26H2,1-3H3,(H,50,51);2H2,1H3. The van der Waals surface area contributed by atoms with Gasteiger partial charge in [0.05, 0.1) is 26.3 Å². The number of benzene rings is 3. The second kappa shape index (κ2) is 17.8. The van der Waals surface area contributed by atoms with Crippen molar-refractivity contribution in [3.63, 3.8) is 0 Å². The van der Waals surface area contributed by atoms with Crippen LogP contribution in [0.1, 0.15) is 66.8 Å². The van der Waals surface area contributed by atoms with Gasteiger partial charge in [-0.1, -0.05) is 78.0 Å². The van der Waals surface area contributed by atoms with E-state index >= 15 is 0 Å². The average molecular weight is 770 g/mol. The number of carboxylic acids is 1. The molecule has 10 nitrogen and oxygen atoms in total. The summed E-state index contributed by atoms with van der Waals surface area (Å²) in [4.78, 5) is 33.9. The third-order valence-electron chi connectivity index (χ3n) is 10.4. The van der Waals surface area contributed by atoms with Crippen molar-refractivity contribution in [2.24, 2.45) is 0 Å². The molecule has 0 radical (unpaired) electrons. The Labute approximate surface area is 325 Å². The van der Waals surface area contributed by atoms with Crippen LogP contribution in [-0.4, -0.2) is 83.6 Å². The summed E-state index contributed by atoms with van der Waals surface area (Å²) in [5.74, 6) is 1.03. The van der Waals surface area contributed by atoms with Gasteiger partial charge in [0.1, 0.15) is 17.2 Å². The molecule has 0 saturated carbocycles. The first-order valence-corrected chi connectivity index (χ1v) is 19.8. The molecule has 3 aromatic carbocycles. The van der Waals surface area contributed by atoms with E-state index in [4.69, 9.17) is 10.2 Å². The Kier molecular flexibility index (Phi) is 12.9. The van der Waals surface area contributed by atoms with Crippen molar-refractivity contribution in [2.45, 2.75) is 83.0 Å². The molecule has 0 unspecified atom stereocenters. The van der Waals surface area contributed by atoms with Crippen LogP contribution in [-0.2, 0) is 43.0 Å². The van der Waals surface area contributed by atoms with E-state index in [-0.39, 0.29) is 18.1 Å². The first-order chi connectivity index (χ1) is 26.5. The highest BCUT2D eigenvalue weighted by atomic mass is 32.2. The van der Waals surface area contributed by atoms with E-state index in [2.05, 4.69) is 74.5 Å². The first kappa shape index (κ1) is 40.0. The Morgan fingerprint density at radius 1 is 0.818 bits per heavy atom. The van der Waals surface area contributed by atoms with Crippen molar-refractivity contribution < 1.29 is 18.7 Å². The normalized spacial score (nSPS) is 14.7. The van der Waals surface area contributed by atoms with Crippen molar-refractivity contribution >= 4 is 17.7 Å². The summed E-state index contributed by atoms with van der Waals surface area (Å²) < 4.78 is 28.2. The molecule has 1 N–H and O–H groups in total. The fraction of sp³-hybridized carbons (Fsp3) is 0.405. The lowest BCUT2D eigenvalue weighted by Gasteiger charge is -2.41. The zero-order valence-electron chi connectivity index (χ0n) is 32.0. The average Bonchev–Trinajstić information content (AvgIpc) is 3.82. The van der Waals surface area contributed by atoms with Crippen LogP contribution in [0.15, 0.2) is 82.7 Å². The Bertz CT molecular complexity index is 2130. The fourth-order valence-corrected chi connectivity index (χ4v) is 8.02. The Morgan fingerprint density at radius 2 is 1.40 bits per heavy atom. The van der Waals surface area contributed by atoms with E-state index in [0.717, 1.165) is 52.4 Å². The van der Waals surface area contributed by atoms with E-state index in [0.29, 0.717) is 63.1 Å². The van der Waals surface area contributed by atoms with Gasteiger partial charge in [-0.2, -0.15) is 4.98 Å². The molecular formula is C42H49F2N7O3S. The maximum Gasteiger partial charge on any atom is 0.323 e. The monoisotopic (exact) mass is 769 g/mol. The van der Waals surface area contributed by atoms with E-state index in [1.807, 2.05) is 4.90 Å². The highest BCUT2D eigenvalue weighted by Crippen LogP contribution is 2.28. The summed E-state index contributed by atoms with van der Waals surface area (Å²) in [5, 5.41) is 19.9. The van der Waals surface area contributed by atoms with Crippen molar-refractivity contribution in [1.82, 2.24) is 34.1 Å². The molecule has 0 atom stereocenters. The number of hydrogen-bond donors (Lipinski definition) is 1. The van der Waals surface area contributed by atoms with Gasteiger partial charge < -0.3 is 14.2 Å². The molecule has 0 amide bonds. The fourth-order valence-electron chi connectivity index (χ4n) is 7.05. The molecule has 1 aliphatic carbocycles. The summed E-state index contributed by atoms with van der Waals surface area (Å²) in [5.41, 5.74) is 6.25. The predicted molar refractivity (Wildman–Crippen MR) is 212 cm³/mol. The second-order valence-corrected chi connectivity index (χ2v) is 15.5. The van der Waals surface area contributed by atoms with Crippen LogP contribution >= 0.6 is 11.8 Å². The first-order valence-electron chi connectivity index (χ1n) is 18.8. The maximum absolute atomic E-state index is 13.6. The zero-order valence-corrected chi connectivity index (χ0v) is 32.8. The summed E-state index contributed by atoms with van der Waals surface area (Å²) in [6.45, 7) is 11.1. The third-order valence-corrected chi connectivity index (χ3v) is 11.5. The van der Waals surface area contributed by atoms with Gasteiger partial charge in [0, 0.05) is 43.2 Å². The van der Waals surface area contributed by atoms with Crippen molar-refractivity contribution in [2.75, 3.05) is 32.9 Å². The molecule has 1 fully saturated rings. The van der Waals surface area contributed by atoms with E-state index < -0.39 is 11.5 Å². The summed E-state index contributed by atoms with van der Waals surface area (Å²) in [6.07, 6.45) is 2.39. The SMILES string of the molecule is CCF.Cc1ccc(-c2ccc(Cn3c(CN4CCN(C(C)(C)C(=O)O)CC4)nnc3Cn3c(SCc4ccc(F)cc4)nc(=O)c4c3CCC4)cc2)cc1. The lowest BCUT2D eigenvalue weighted by Crippen LogP contribution is -2.57. The van der Waals surface area contributed by atoms with Gasteiger partial charge in [0.2, 0.25) is 0 Å². The van der Waals surface area contributed by atoms with Crippen molar-refractivity contribution in [3.05, 3.63) is 129 Å². The van der Waals surface area contributed by atoms with Gasteiger partial charge in [-0.25, -0.2) is 4.39 Å². The smallest absolute Gasteiger partial charge is 0.323 e. The topological polar surface area (TPSA) is 109 Å². The molecule has 290 valence electrons. The second-order valence-electron chi connectivity index (χ2n) is 14.6. The molecule has 7 rings (SSSR count). The quantitative estimate of drug-likeness (QED) is 0.109. The molecule has 3 heterocycles. The Balaban J connectivity index is 0.00000166. The molecule has 0 spiro atoms. The number of carboxylic acid groups (broad SMARTS) is 1. The maximum atomic E-state index is 13.6. The largest absolute Gasteiger partial charge is 0.480 e. The predicted octanol–water partition coefficient (Wildman–Crippen LogP) is 6.78. The number of aryl methyl sites for hydroxylation is 1. The molecule has 0 bridgehead atoms. The minimum atomic E-state index is -0.929. The van der Waals surface area contributed by atoms with Gasteiger partial charge in [-0.3, -0.25) is 23.8 Å². The van der Waals surface area contributed by atoms with Gasteiger partial charge in [0.15, 0.2) is 11.0 Å². The molecule has 2 aromatic heterocycles. The van der Waals surface area contributed by atoms with Gasteiger partial charge in [-0.05, 0) is 81.3 Å². The summed E-state index contributed by atoms with van der Waals surface area (Å²) >= 11 is 1.47. The van der Waals surface area contributed by atoms with Crippen molar-refractivity contribution in [3.8, 4) is 11.1 Å². The number of thioether (sulfide) groups is 1. The summed E-state index contributed by atoms with van der Waals surface area (Å²) in [7, 11) is 0. The molecular weight excluding hydrogens is 721 g/mol. The van der Waals surface area contributed by atoms with Gasteiger partial charge in [0.25, 0.3) is 5.56 Å². The van der Waals surface area contributed by atoms with Crippen LogP contribution in [0.2, 0.25) is 0 Å². The number of aromatic nitrogens is 5. The zero-order chi connectivity index (χ0) is 39.1. The number of fused-ring (bicyclic) bond motifs is 1. The van der Waals surface area contributed by atoms with Crippen LogP contribution in [0.3, 0.4) is 0 Å². The van der Waals surface area contributed by atoms with Crippen molar-refractivity contribution in [1.29, 1.82) is 0 Å². The van der Waals surface area contributed by atoms with Crippen LogP contribution in [0.25, 0.3) is 11.1 Å². The number of rotatable bonds is 12. The van der Waals surface area contributed by atoms with Gasteiger partial charge in [-0.15, -0.1) is 10.2 Å². The van der Waals surface area contributed by atoms with E-state index in [9.17, 15) is 23.5 Å². The van der Waals surface area contributed by atoms with Crippen LogP contribution < -0.4 is 5.56 Å². The number of piperazine rings is 1. The highest BCUT2D eigenvalue weighted by Gasteiger charge is 2.36. The van der Waals surface area contributed by atoms with E-state index in [1.165, 1.54) is 41.9 Å². The van der Waals surface area contributed by atoms with Crippen LogP contribution in [0.4, 0.5) is 8.78 Å². The Morgan fingerprint density at radius 3 is 2.02 bits per heavy atom. The van der Waals surface area contributed by atoms with E-state index in [1.54, 1.807) is 26.0 Å². The molecule has 5 aromatic rings. The number of nitrogens with zero attached hydrogens (tertiary/aromatic N) is 7. The molecule has 13 heteroatoms. The molecule has 55 heavy (non-hydrogen) atoms. The number of alkyl halides is 1. The molecule has 1 saturated heterocycles. The summed E-state index contributed by atoms with van der Waals surface area (Å²) in [6, 6.07) is 23.5. The minimum Gasteiger partial charge on any atom is -0.480 e. The Hall–Kier alpha value is -4.72. The van der Waals surface area contributed by atoms with Crippen LogP contribution in [0, 0.1) is 12.7 Å². The number of halogens is 2. The molecule has 2 aliphatic rings. The van der Waals surface area contributed by atoms with Gasteiger partial charge >= 0.3 is 5.97 Å². The minimum absolute atomic E-state index is 0.175. The number of hydrogen-bond acceptors (Lipinski definition) is 8. The lowest BCUT2D eigenvalue weighted by atomic mass is 10.0. The number of aliphatic carboxylic acids is 1. The number of carbonyl (C=O) groups is 1. The van der Waals surface area contributed by atoms with Crippen LogP contribution in [0.5, 0.6) is 0 Å². The molecule has 1 aliphatic heterocycles.